The monoisotopic (exact) mass is 414 g/mol. The highest BCUT2D eigenvalue weighted by molar-refractivity contribution is 5.83. The summed E-state index contributed by atoms with van der Waals surface area (Å²) in [5.41, 5.74) is 5.63. The van der Waals surface area contributed by atoms with Gasteiger partial charge in [-0.15, -0.1) is 0 Å². The number of hydrogen-bond acceptors (Lipinski definition) is 3. The summed E-state index contributed by atoms with van der Waals surface area (Å²) in [7, 11) is 0. The largest absolute Gasteiger partial charge is 0.352 e. The summed E-state index contributed by atoms with van der Waals surface area (Å²) >= 11 is 0. The molecule has 0 spiro atoms. The fourth-order valence-electron chi connectivity index (χ4n) is 3.75. The van der Waals surface area contributed by atoms with Crippen LogP contribution in [-0.4, -0.2) is 20.0 Å². The molecule has 0 atom stereocenters. The zero-order valence-electron chi connectivity index (χ0n) is 18.1. The zero-order chi connectivity index (χ0) is 22.0. The summed E-state index contributed by atoms with van der Waals surface area (Å²) in [6.45, 7) is 6.73. The minimum absolute atomic E-state index is 0.0951. The average Bonchev–Trinajstić information content (AvgIpc) is 3.04. The topological polar surface area (TPSA) is 68.9 Å². The van der Waals surface area contributed by atoms with E-state index in [9.17, 15) is 9.59 Å². The van der Waals surface area contributed by atoms with E-state index in [0.29, 0.717) is 17.6 Å². The van der Waals surface area contributed by atoms with E-state index in [0.717, 1.165) is 22.5 Å². The first kappa shape index (κ1) is 20.6. The normalized spacial score (nSPS) is 11.1. The molecule has 0 unspecified atom stereocenters. The molecule has 2 aromatic carbocycles. The Morgan fingerprint density at radius 3 is 2.42 bits per heavy atom. The average molecular weight is 415 g/mol. The van der Waals surface area contributed by atoms with E-state index in [1.807, 2.05) is 79.9 Å². The predicted molar refractivity (Wildman–Crippen MR) is 122 cm³/mol. The number of rotatable bonds is 6. The van der Waals surface area contributed by atoms with Crippen LogP contribution in [0.15, 0.2) is 65.7 Å². The number of para-hydroxylation sites is 1. The van der Waals surface area contributed by atoms with Crippen molar-refractivity contribution in [2.75, 3.05) is 0 Å². The Labute approximate surface area is 181 Å². The number of nitrogens with zero attached hydrogens (tertiary/aromatic N) is 3. The molecule has 0 aliphatic rings. The van der Waals surface area contributed by atoms with Gasteiger partial charge in [-0.1, -0.05) is 48.0 Å². The molecule has 2 aromatic heterocycles. The first-order valence-corrected chi connectivity index (χ1v) is 10.4. The van der Waals surface area contributed by atoms with Crippen molar-refractivity contribution in [1.82, 2.24) is 19.4 Å². The lowest BCUT2D eigenvalue weighted by molar-refractivity contribution is -0.121. The molecule has 0 saturated carbocycles. The van der Waals surface area contributed by atoms with E-state index < -0.39 is 0 Å². The molecule has 4 aromatic rings. The zero-order valence-corrected chi connectivity index (χ0v) is 18.1. The van der Waals surface area contributed by atoms with Gasteiger partial charge < -0.3 is 5.32 Å². The van der Waals surface area contributed by atoms with Gasteiger partial charge in [0.1, 0.15) is 0 Å². The molecule has 2 heterocycles. The maximum absolute atomic E-state index is 13.1. The third-order valence-corrected chi connectivity index (χ3v) is 5.69. The van der Waals surface area contributed by atoms with Gasteiger partial charge in [0.2, 0.25) is 5.91 Å². The van der Waals surface area contributed by atoms with Gasteiger partial charge >= 0.3 is 0 Å². The van der Waals surface area contributed by atoms with Crippen LogP contribution in [0.25, 0.3) is 16.7 Å². The van der Waals surface area contributed by atoms with E-state index in [1.54, 1.807) is 0 Å². The Morgan fingerprint density at radius 1 is 1.00 bits per heavy atom. The molecule has 1 N–H and O–H groups in total. The van der Waals surface area contributed by atoms with Crippen molar-refractivity contribution in [2.24, 2.45) is 0 Å². The van der Waals surface area contributed by atoms with Gasteiger partial charge in [0, 0.05) is 30.9 Å². The molecule has 6 heteroatoms. The Kier molecular flexibility index (Phi) is 5.71. The first-order valence-electron chi connectivity index (χ1n) is 10.4. The molecule has 158 valence electrons. The molecule has 0 saturated heterocycles. The minimum Gasteiger partial charge on any atom is -0.352 e. The highest BCUT2D eigenvalue weighted by Gasteiger charge is 2.18. The summed E-state index contributed by atoms with van der Waals surface area (Å²) in [5.74, 6) is -0.0951. The smallest absolute Gasteiger partial charge is 0.263 e. The second kappa shape index (κ2) is 8.60. The maximum atomic E-state index is 13.1. The van der Waals surface area contributed by atoms with Gasteiger partial charge in [-0.3, -0.25) is 18.7 Å². The van der Waals surface area contributed by atoms with Crippen LogP contribution in [0, 0.1) is 20.8 Å². The number of aromatic nitrogens is 3. The number of fused-ring (bicyclic) bond motifs is 1. The quantitative estimate of drug-likeness (QED) is 0.522. The van der Waals surface area contributed by atoms with E-state index in [-0.39, 0.29) is 24.4 Å². The Bertz CT molecular complexity index is 1290. The van der Waals surface area contributed by atoms with Crippen LogP contribution in [0.4, 0.5) is 0 Å². The van der Waals surface area contributed by atoms with Crippen molar-refractivity contribution >= 4 is 16.9 Å². The van der Waals surface area contributed by atoms with Gasteiger partial charge in [-0.05, 0) is 44.0 Å². The number of aryl methyl sites for hydroxylation is 3. The van der Waals surface area contributed by atoms with Gasteiger partial charge in [0.25, 0.3) is 5.56 Å². The van der Waals surface area contributed by atoms with Crippen LogP contribution in [0.5, 0.6) is 0 Å². The second-order valence-electron chi connectivity index (χ2n) is 7.84. The summed E-state index contributed by atoms with van der Waals surface area (Å²) in [5, 5.41) is 3.51. The van der Waals surface area contributed by atoms with Gasteiger partial charge in [0.15, 0.2) is 5.65 Å². The lowest BCUT2D eigenvalue weighted by Crippen LogP contribution is -2.27. The van der Waals surface area contributed by atoms with E-state index in [4.69, 9.17) is 0 Å². The van der Waals surface area contributed by atoms with Gasteiger partial charge in [-0.2, -0.15) is 0 Å². The number of benzene rings is 2. The van der Waals surface area contributed by atoms with Crippen LogP contribution in [-0.2, 0) is 17.9 Å². The molecule has 31 heavy (non-hydrogen) atoms. The van der Waals surface area contributed by atoms with E-state index in [2.05, 4.69) is 10.3 Å². The van der Waals surface area contributed by atoms with E-state index >= 15 is 0 Å². The van der Waals surface area contributed by atoms with Crippen molar-refractivity contribution in [2.45, 2.75) is 40.3 Å². The minimum atomic E-state index is -0.119. The summed E-state index contributed by atoms with van der Waals surface area (Å²) in [4.78, 5) is 30.0. The van der Waals surface area contributed by atoms with Crippen molar-refractivity contribution in [1.29, 1.82) is 0 Å². The highest BCUT2D eigenvalue weighted by Crippen LogP contribution is 2.24. The summed E-state index contributed by atoms with van der Waals surface area (Å²) in [6.07, 6.45) is 1.76. The summed E-state index contributed by atoms with van der Waals surface area (Å²) < 4.78 is 3.53. The molecule has 4 rings (SSSR count). The van der Waals surface area contributed by atoms with Crippen LogP contribution < -0.4 is 10.9 Å². The molecular formula is C25H26N4O2. The standard InChI is InChI=1S/C25H26N4O2/c1-17-9-11-20(12-10-17)15-26-22(30)13-14-28-16-27-24-23(25(28)31)18(2)19(3)29(24)21-7-5-4-6-8-21/h4-12,16H,13-15H2,1-3H3,(H,26,30). The van der Waals surface area contributed by atoms with Crippen LogP contribution in [0.2, 0.25) is 0 Å². The van der Waals surface area contributed by atoms with Crippen molar-refractivity contribution in [3.63, 3.8) is 0 Å². The molecule has 6 nitrogen and oxygen atoms in total. The fraction of sp³-hybridized carbons (Fsp3) is 0.240. The van der Waals surface area contributed by atoms with Crippen LogP contribution in [0.3, 0.4) is 0 Å². The second-order valence-corrected chi connectivity index (χ2v) is 7.84. The Balaban J connectivity index is 1.52. The van der Waals surface area contributed by atoms with Gasteiger partial charge in [-0.25, -0.2) is 4.98 Å². The number of amides is 1. The van der Waals surface area contributed by atoms with Gasteiger partial charge in [0.05, 0.1) is 11.7 Å². The SMILES string of the molecule is Cc1ccc(CNC(=O)CCn2cnc3c(c(C)c(C)n3-c3ccccc3)c2=O)cc1. The molecule has 1 amide bonds. The molecule has 0 fully saturated rings. The number of nitrogens with one attached hydrogen (secondary N) is 1. The Morgan fingerprint density at radius 2 is 1.71 bits per heavy atom. The maximum Gasteiger partial charge on any atom is 0.263 e. The lowest BCUT2D eigenvalue weighted by Gasteiger charge is -2.09. The number of carbonyl (C=O) groups is 1. The number of carbonyl (C=O) groups excluding carboxylic acids is 1. The van der Waals surface area contributed by atoms with Crippen molar-refractivity contribution in [3.05, 3.63) is 93.7 Å². The highest BCUT2D eigenvalue weighted by atomic mass is 16.1. The number of hydrogen-bond donors (Lipinski definition) is 1. The first-order chi connectivity index (χ1) is 15.0. The molecular weight excluding hydrogens is 388 g/mol. The molecule has 0 radical (unpaired) electrons. The molecule has 0 aliphatic heterocycles. The van der Waals surface area contributed by atoms with E-state index in [1.165, 1.54) is 16.5 Å². The lowest BCUT2D eigenvalue weighted by atomic mass is 10.1. The third kappa shape index (κ3) is 4.14. The predicted octanol–water partition coefficient (Wildman–Crippen LogP) is 3.82. The Hall–Kier alpha value is -3.67. The van der Waals surface area contributed by atoms with Crippen LogP contribution in [0.1, 0.15) is 28.8 Å². The molecule has 0 aliphatic carbocycles. The third-order valence-electron chi connectivity index (χ3n) is 5.69. The molecule has 0 bridgehead atoms. The van der Waals surface area contributed by atoms with Crippen LogP contribution >= 0.6 is 0 Å². The summed E-state index contributed by atoms with van der Waals surface area (Å²) in [6, 6.07) is 17.9. The van der Waals surface area contributed by atoms with Crippen molar-refractivity contribution < 1.29 is 4.79 Å². The van der Waals surface area contributed by atoms with Crippen molar-refractivity contribution in [3.8, 4) is 5.69 Å². The fourth-order valence-corrected chi connectivity index (χ4v) is 3.75.